The zero-order valence-corrected chi connectivity index (χ0v) is 13.0. The quantitative estimate of drug-likeness (QED) is 0.801. The summed E-state index contributed by atoms with van der Waals surface area (Å²) in [4.78, 5) is 12.8. The second kappa shape index (κ2) is 6.15. The molecule has 0 saturated heterocycles. The SMILES string of the molecule is Cc1ccsc1C(=O)NCc1nnc(-c2ccccc2)s1. The fourth-order valence-corrected chi connectivity index (χ4v) is 3.49. The maximum atomic E-state index is 12.0. The maximum absolute atomic E-state index is 12.0. The molecule has 0 radical (unpaired) electrons. The fourth-order valence-electron chi connectivity index (χ4n) is 1.86. The summed E-state index contributed by atoms with van der Waals surface area (Å²) in [5.41, 5.74) is 2.04. The van der Waals surface area contributed by atoms with Gasteiger partial charge in [0, 0.05) is 5.56 Å². The number of amides is 1. The standard InChI is InChI=1S/C15H13N3OS2/c1-10-7-8-20-13(10)14(19)16-9-12-17-18-15(21-12)11-5-3-2-4-6-11/h2-8H,9H2,1H3,(H,16,19). The molecule has 0 fully saturated rings. The van der Waals surface area contributed by atoms with Crippen molar-refractivity contribution in [2.45, 2.75) is 13.5 Å². The number of thiophene rings is 1. The molecule has 0 spiro atoms. The van der Waals surface area contributed by atoms with Gasteiger partial charge in [-0.1, -0.05) is 41.7 Å². The highest BCUT2D eigenvalue weighted by Gasteiger charge is 2.12. The van der Waals surface area contributed by atoms with E-state index in [2.05, 4.69) is 15.5 Å². The molecular formula is C15H13N3OS2. The molecule has 6 heteroatoms. The molecular weight excluding hydrogens is 302 g/mol. The fraction of sp³-hybridized carbons (Fsp3) is 0.133. The highest BCUT2D eigenvalue weighted by molar-refractivity contribution is 7.14. The average molecular weight is 315 g/mol. The van der Waals surface area contributed by atoms with Gasteiger partial charge in [0.2, 0.25) is 0 Å². The molecule has 106 valence electrons. The van der Waals surface area contributed by atoms with Gasteiger partial charge in [0.05, 0.1) is 11.4 Å². The van der Waals surface area contributed by atoms with Crippen LogP contribution in [0.15, 0.2) is 41.8 Å². The number of nitrogens with zero attached hydrogens (tertiary/aromatic N) is 2. The molecule has 1 amide bonds. The molecule has 0 aliphatic carbocycles. The van der Waals surface area contributed by atoms with Crippen molar-refractivity contribution >= 4 is 28.6 Å². The maximum Gasteiger partial charge on any atom is 0.261 e. The Labute approximate surface area is 130 Å². The molecule has 4 nitrogen and oxygen atoms in total. The van der Waals surface area contributed by atoms with Crippen LogP contribution in [0.25, 0.3) is 10.6 Å². The molecule has 0 atom stereocenters. The van der Waals surface area contributed by atoms with Crippen LogP contribution in [0.2, 0.25) is 0 Å². The largest absolute Gasteiger partial charge is 0.345 e. The van der Waals surface area contributed by atoms with Gasteiger partial charge in [0.25, 0.3) is 5.91 Å². The second-order valence-corrected chi connectivity index (χ2v) is 6.46. The van der Waals surface area contributed by atoms with Crippen LogP contribution in [0.3, 0.4) is 0 Å². The summed E-state index contributed by atoms with van der Waals surface area (Å²) in [5.74, 6) is -0.0565. The molecule has 3 aromatic rings. The molecule has 0 aliphatic rings. The number of rotatable bonds is 4. The van der Waals surface area contributed by atoms with E-state index in [-0.39, 0.29) is 5.91 Å². The molecule has 0 unspecified atom stereocenters. The summed E-state index contributed by atoms with van der Waals surface area (Å²) >= 11 is 2.95. The summed E-state index contributed by atoms with van der Waals surface area (Å²) in [6.07, 6.45) is 0. The van der Waals surface area contributed by atoms with Crippen LogP contribution in [0, 0.1) is 6.92 Å². The van der Waals surface area contributed by atoms with E-state index in [0.29, 0.717) is 6.54 Å². The average Bonchev–Trinajstić information content (AvgIpc) is 3.15. The lowest BCUT2D eigenvalue weighted by Crippen LogP contribution is -2.22. The Bertz CT molecular complexity index is 749. The third-order valence-electron chi connectivity index (χ3n) is 2.96. The lowest BCUT2D eigenvalue weighted by atomic mass is 10.2. The Morgan fingerprint density at radius 1 is 1.19 bits per heavy atom. The summed E-state index contributed by atoms with van der Waals surface area (Å²) in [6.45, 7) is 2.34. The van der Waals surface area contributed by atoms with Gasteiger partial charge in [-0.25, -0.2) is 0 Å². The predicted octanol–water partition coefficient (Wildman–Crippen LogP) is 3.51. The van der Waals surface area contributed by atoms with Crippen LogP contribution in [-0.4, -0.2) is 16.1 Å². The number of aryl methyl sites for hydroxylation is 1. The Morgan fingerprint density at radius 3 is 2.71 bits per heavy atom. The molecule has 1 N–H and O–H groups in total. The number of hydrogen-bond donors (Lipinski definition) is 1. The first-order valence-corrected chi connectivity index (χ1v) is 8.14. The molecule has 0 saturated carbocycles. The lowest BCUT2D eigenvalue weighted by Gasteiger charge is -2.01. The molecule has 1 aromatic carbocycles. The van der Waals surface area contributed by atoms with Crippen molar-refractivity contribution in [1.29, 1.82) is 0 Å². The topological polar surface area (TPSA) is 54.9 Å². The van der Waals surface area contributed by atoms with Crippen LogP contribution in [0.1, 0.15) is 20.2 Å². The minimum Gasteiger partial charge on any atom is -0.345 e. The summed E-state index contributed by atoms with van der Waals surface area (Å²) in [6, 6.07) is 11.8. The van der Waals surface area contributed by atoms with Crippen molar-refractivity contribution in [3.8, 4) is 10.6 Å². The summed E-state index contributed by atoms with van der Waals surface area (Å²) in [7, 11) is 0. The number of aromatic nitrogens is 2. The van der Waals surface area contributed by atoms with E-state index in [4.69, 9.17) is 0 Å². The van der Waals surface area contributed by atoms with E-state index < -0.39 is 0 Å². The van der Waals surface area contributed by atoms with E-state index in [0.717, 1.165) is 26.0 Å². The van der Waals surface area contributed by atoms with E-state index in [1.54, 1.807) is 0 Å². The number of carbonyl (C=O) groups is 1. The number of hydrogen-bond acceptors (Lipinski definition) is 5. The third-order valence-corrected chi connectivity index (χ3v) is 4.94. The minimum absolute atomic E-state index is 0.0565. The molecule has 2 aromatic heterocycles. The predicted molar refractivity (Wildman–Crippen MR) is 85.6 cm³/mol. The summed E-state index contributed by atoms with van der Waals surface area (Å²) in [5, 5.41) is 14.8. The lowest BCUT2D eigenvalue weighted by molar-refractivity contribution is 0.0954. The van der Waals surface area contributed by atoms with Crippen LogP contribution in [0.5, 0.6) is 0 Å². The Hall–Kier alpha value is -2.05. The van der Waals surface area contributed by atoms with Gasteiger partial charge in [0.1, 0.15) is 10.0 Å². The monoisotopic (exact) mass is 315 g/mol. The van der Waals surface area contributed by atoms with Crippen molar-refractivity contribution < 1.29 is 4.79 Å². The van der Waals surface area contributed by atoms with Gasteiger partial charge < -0.3 is 5.32 Å². The van der Waals surface area contributed by atoms with Gasteiger partial charge >= 0.3 is 0 Å². The molecule has 3 rings (SSSR count). The van der Waals surface area contributed by atoms with E-state index in [1.165, 1.54) is 22.7 Å². The molecule has 21 heavy (non-hydrogen) atoms. The minimum atomic E-state index is -0.0565. The van der Waals surface area contributed by atoms with Crippen molar-refractivity contribution in [3.05, 3.63) is 57.2 Å². The number of carbonyl (C=O) groups excluding carboxylic acids is 1. The first-order valence-electron chi connectivity index (χ1n) is 6.44. The van der Waals surface area contributed by atoms with Crippen molar-refractivity contribution in [2.75, 3.05) is 0 Å². The first kappa shape index (κ1) is 13.9. The van der Waals surface area contributed by atoms with Gasteiger partial charge in [-0.2, -0.15) is 0 Å². The zero-order chi connectivity index (χ0) is 14.7. The Morgan fingerprint density at radius 2 is 2.00 bits per heavy atom. The Balaban J connectivity index is 1.66. The van der Waals surface area contributed by atoms with Crippen molar-refractivity contribution in [3.63, 3.8) is 0 Å². The van der Waals surface area contributed by atoms with E-state index in [1.807, 2.05) is 48.7 Å². The molecule has 2 heterocycles. The second-order valence-electron chi connectivity index (χ2n) is 4.48. The number of benzene rings is 1. The smallest absolute Gasteiger partial charge is 0.261 e. The van der Waals surface area contributed by atoms with E-state index >= 15 is 0 Å². The highest BCUT2D eigenvalue weighted by Crippen LogP contribution is 2.23. The van der Waals surface area contributed by atoms with Gasteiger partial charge in [-0.05, 0) is 23.9 Å². The van der Waals surface area contributed by atoms with Crippen molar-refractivity contribution in [1.82, 2.24) is 15.5 Å². The van der Waals surface area contributed by atoms with E-state index in [9.17, 15) is 4.79 Å². The third kappa shape index (κ3) is 3.17. The zero-order valence-electron chi connectivity index (χ0n) is 11.4. The Kier molecular flexibility index (Phi) is 4.08. The van der Waals surface area contributed by atoms with Crippen LogP contribution >= 0.6 is 22.7 Å². The van der Waals surface area contributed by atoms with Crippen LogP contribution in [0.4, 0.5) is 0 Å². The normalized spacial score (nSPS) is 10.5. The first-order chi connectivity index (χ1) is 10.2. The van der Waals surface area contributed by atoms with Gasteiger partial charge in [-0.15, -0.1) is 21.5 Å². The van der Waals surface area contributed by atoms with Crippen molar-refractivity contribution in [2.24, 2.45) is 0 Å². The van der Waals surface area contributed by atoms with Gasteiger partial charge in [-0.3, -0.25) is 4.79 Å². The van der Waals surface area contributed by atoms with Gasteiger partial charge in [0.15, 0.2) is 0 Å². The molecule has 0 bridgehead atoms. The van der Waals surface area contributed by atoms with Crippen LogP contribution < -0.4 is 5.32 Å². The highest BCUT2D eigenvalue weighted by atomic mass is 32.1. The summed E-state index contributed by atoms with van der Waals surface area (Å²) < 4.78 is 0. The number of nitrogens with one attached hydrogen (secondary N) is 1. The molecule has 0 aliphatic heterocycles. The van der Waals surface area contributed by atoms with Crippen LogP contribution in [-0.2, 0) is 6.54 Å².